The van der Waals surface area contributed by atoms with Crippen molar-refractivity contribution < 1.29 is 27.6 Å². The van der Waals surface area contributed by atoms with Crippen LogP contribution >= 0.6 is 11.6 Å². The van der Waals surface area contributed by atoms with Crippen LogP contribution in [0.3, 0.4) is 0 Å². The molecule has 1 amide bonds. The van der Waals surface area contributed by atoms with Crippen molar-refractivity contribution in [2.45, 2.75) is 37.6 Å². The molecule has 1 heterocycles. The predicted octanol–water partition coefficient (Wildman–Crippen LogP) is 4.97. The van der Waals surface area contributed by atoms with Crippen molar-refractivity contribution in [1.29, 1.82) is 0 Å². The molecule has 0 spiro atoms. The van der Waals surface area contributed by atoms with E-state index in [2.05, 4.69) is 10.2 Å². The van der Waals surface area contributed by atoms with Gasteiger partial charge in [-0.1, -0.05) is 11.6 Å². The molecule has 0 radical (unpaired) electrons. The van der Waals surface area contributed by atoms with Crippen LogP contribution in [0.4, 0.5) is 30.2 Å². The number of alkyl halides is 3. The summed E-state index contributed by atoms with van der Waals surface area (Å²) in [6.07, 6.45) is -3.19. The Morgan fingerprint density at radius 1 is 1.11 bits per heavy atom. The number of halogens is 4. The maximum Gasteiger partial charge on any atom is 0.423 e. The maximum atomic E-state index is 13.2. The molecule has 2 fully saturated rings. The summed E-state index contributed by atoms with van der Waals surface area (Å²) < 4.78 is 45.5. The van der Waals surface area contributed by atoms with Crippen LogP contribution in [-0.2, 0) is 15.7 Å². The smallest absolute Gasteiger partial charge is 0.382 e. The van der Waals surface area contributed by atoms with E-state index in [1.165, 1.54) is 6.07 Å². The molecule has 1 aliphatic heterocycles. The van der Waals surface area contributed by atoms with Gasteiger partial charge in [0.15, 0.2) is 0 Å². The van der Waals surface area contributed by atoms with E-state index >= 15 is 0 Å². The monoisotopic (exact) mass is 526 g/mol. The first-order valence-corrected chi connectivity index (χ1v) is 12.0. The van der Waals surface area contributed by atoms with Gasteiger partial charge in [-0.25, -0.2) is 0 Å². The summed E-state index contributed by atoms with van der Waals surface area (Å²) >= 11 is 5.94. The lowest BCUT2D eigenvalue weighted by Gasteiger charge is -2.36. The number of amides is 1. The number of nitro groups is 1. The highest BCUT2D eigenvalue weighted by molar-refractivity contribution is 6.30. The van der Waals surface area contributed by atoms with Gasteiger partial charge in [-0.05, 0) is 55.7 Å². The van der Waals surface area contributed by atoms with Crippen molar-refractivity contribution in [2.24, 2.45) is 0 Å². The van der Waals surface area contributed by atoms with Gasteiger partial charge in [0.05, 0.1) is 11.0 Å². The molecule has 0 aromatic heterocycles. The molecule has 1 aliphatic carbocycles. The first kappa shape index (κ1) is 26.0. The van der Waals surface area contributed by atoms with Gasteiger partial charge >= 0.3 is 6.18 Å². The minimum absolute atomic E-state index is 0.0475. The van der Waals surface area contributed by atoms with Gasteiger partial charge in [-0.2, -0.15) is 13.2 Å². The van der Waals surface area contributed by atoms with Gasteiger partial charge < -0.3 is 19.9 Å². The number of rotatable bonds is 7. The summed E-state index contributed by atoms with van der Waals surface area (Å²) in [6.45, 7) is 2.53. The van der Waals surface area contributed by atoms with E-state index in [4.69, 9.17) is 16.3 Å². The van der Waals surface area contributed by atoms with Crippen LogP contribution < -0.4 is 10.2 Å². The SMILES string of the molecule is O=C(COC1CC[C@@H](Nc2ccc([N+](=O)[O-])c(C(F)(F)F)c2)C1)N1CCN(c2ccc(Cl)cc2)CC1. The minimum atomic E-state index is -4.83. The lowest BCUT2D eigenvalue weighted by Crippen LogP contribution is -2.50. The van der Waals surface area contributed by atoms with E-state index in [-0.39, 0.29) is 30.3 Å². The molecule has 0 bridgehead atoms. The average molecular weight is 527 g/mol. The lowest BCUT2D eigenvalue weighted by molar-refractivity contribution is -0.388. The standard InChI is InChI=1S/C24H26ClF3N4O4/c25-16-1-5-19(6-2-16)30-9-11-31(12-10-30)23(33)15-36-20-7-3-17(13-20)29-18-4-8-22(32(34)35)21(14-18)24(26,27)28/h1-2,4-6,8,14,17,20,29H,3,7,9-13,15H2/t17-,20?/m1/s1. The van der Waals surface area contributed by atoms with E-state index in [9.17, 15) is 28.1 Å². The highest BCUT2D eigenvalue weighted by Crippen LogP contribution is 2.38. The molecule has 1 saturated heterocycles. The van der Waals surface area contributed by atoms with Gasteiger partial charge in [0.2, 0.25) is 5.91 Å². The molecule has 2 aromatic rings. The van der Waals surface area contributed by atoms with E-state index in [0.29, 0.717) is 50.5 Å². The summed E-state index contributed by atoms with van der Waals surface area (Å²) in [7, 11) is 0. The molecule has 1 unspecified atom stereocenters. The van der Waals surface area contributed by atoms with Crippen LogP contribution in [0, 0.1) is 10.1 Å². The van der Waals surface area contributed by atoms with Crippen molar-refractivity contribution in [1.82, 2.24) is 4.90 Å². The molecular formula is C24H26ClF3N4O4. The van der Waals surface area contributed by atoms with Crippen LogP contribution in [0.2, 0.25) is 5.02 Å². The first-order valence-electron chi connectivity index (χ1n) is 11.6. The zero-order valence-electron chi connectivity index (χ0n) is 19.3. The number of piperazine rings is 1. The largest absolute Gasteiger partial charge is 0.423 e. The number of hydrogen-bond acceptors (Lipinski definition) is 6. The maximum absolute atomic E-state index is 13.2. The van der Waals surface area contributed by atoms with Crippen molar-refractivity contribution >= 4 is 34.6 Å². The Balaban J connectivity index is 1.23. The lowest BCUT2D eigenvalue weighted by atomic mass is 10.1. The zero-order chi connectivity index (χ0) is 25.9. The second-order valence-electron chi connectivity index (χ2n) is 8.92. The molecule has 2 atom stereocenters. The van der Waals surface area contributed by atoms with Crippen LogP contribution in [0.15, 0.2) is 42.5 Å². The molecule has 1 N–H and O–H groups in total. The minimum Gasteiger partial charge on any atom is -0.382 e. The number of anilines is 2. The van der Waals surface area contributed by atoms with E-state index < -0.39 is 22.4 Å². The molecule has 194 valence electrons. The number of carbonyl (C=O) groups is 1. The van der Waals surface area contributed by atoms with Crippen molar-refractivity contribution in [2.75, 3.05) is 43.0 Å². The van der Waals surface area contributed by atoms with Crippen LogP contribution in [-0.4, -0.2) is 60.7 Å². The Labute approximate surface area is 211 Å². The third-order valence-electron chi connectivity index (χ3n) is 6.52. The Hall–Kier alpha value is -3.05. The molecule has 2 aromatic carbocycles. The second kappa shape index (κ2) is 10.9. The summed E-state index contributed by atoms with van der Waals surface area (Å²) in [5.41, 5.74) is -1.05. The van der Waals surface area contributed by atoms with Crippen molar-refractivity contribution in [3.63, 3.8) is 0 Å². The number of nitrogens with one attached hydrogen (secondary N) is 1. The van der Waals surface area contributed by atoms with E-state index in [1.807, 2.05) is 24.3 Å². The topological polar surface area (TPSA) is 87.9 Å². The highest BCUT2D eigenvalue weighted by Gasteiger charge is 2.38. The molecular weight excluding hydrogens is 501 g/mol. The fourth-order valence-corrected chi connectivity index (χ4v) is 4.74. The number of hydrogen-bond donors (Lipinski definition) is 1. The van der Waals surface area contributed by atoms with Gasteiger partial charge in [0.1, 0.15) is 12.2 Å². The van der Waals surface area contributed by atoms with Crippen molar-refractivity contribution in [3.05, 3.63) is 63.2 Å². The fraction of sp³-hybridized carbons (Fsp3) is 0.458. The van der Waals surface area contributed by atoms with Crippen LogP contribution in [0.1, 0.15) is 24.8 Å². The molecule has 8 nitrogen and oxygen atoms in total. The zero-order valence-corrected chi connectivity index (χ0v) is 20.1. The van der Waals surface area contributed by atoms with Gasteiger partial charge in [-0.3, -0.25) is 14.9 Å². The number of benzene rings is 2. The van der Waals surface area contributed by atoms with E-state index in [1.54, 1.807) is 4.90 Å². The first-order chi connectivity index (χ1) is 17.1. The highest BCUT2D eigenvalue weighted by atomic mass is 35.5. The second-order valence-corrected chi connectivity index (χ2v) is 9.35. The van der Waals surface area contributed by atoms with Crippen LogP contribution in [0.5, 0.6) is 0 Å². The summed E-state index contributed by atoms with van der Waals surface area (Å²) in [5, 5.41) is 14.6. The van der Waals surface area contributed by atoms with Gasteiger partial charge in [0, 0.05) is 54.7 Å². The number of carbonyl (C=O) groups excluding carboxylic acids is 1. The molecule has 12 heteroatoms. The molecule has 1 saturated carbocycles. The van der Waals surface area contributed by atoms with E-state index in [0.717, 1.165) is 17.8 Å². The normalized spacial score (nSPS) is 20.4. The number of nitro benzene ring substituents is 1. The third-order valence-corrected chi connectivity index (χ3v) is 6.77. The van der Waals surface area contributed by atoms with Crippen molar-refractivity contribution in [3.8, 4) is 0 Å². The quantitative estimate of drug-likeness (QED) is 0.405. The molecule has 4 rings (SSSR count). The van der Waals surface area contributed by atoms with Gasteiger partial charge in [0.25, 0.3) is 5.69 Å². The molecule has 2 aliphatic rings. The summed E-state index contributed by atoms with van der Waals surface area (Å²) in [6, 6.07) is 10.3. The predicted molar refractivity (Wildman–Crippen MR) is 129 cm³/mol. The fourth-order valence-electron chi connectivity index (χ4n) is 4.62. The summed E-state index contributed by atoms with van der Waals surface area (Å²) in [5.74, 6) is -0.0904. The Morgan fingerprint density at radius 3 is 2.44 bits per heavy atom. The number of nitrogens with zero attached hydrogens (tertiary/aromatic N) is 3. The average Bonchev–Trinajstić information content (AvgIpc) is 3.29. The Kier molecular flexibility index (Phi) is 7.89. The Morgan fingerprint density at radius 2 is 1.81 bits per heavy atom. The molecule has 36 heavy (non-hydrogen) atoms. The third kappa shape index (κ3) is 6.38. The number of ether oxygens (including phenoxy) is 1. The summed E-state index contributed by atoms with van der Waals surface area (Å²) in [4.78, 5) is 26.5. The van der Waals surface area contributed by atoms with Gasteiger partial charge in [-0.15, -0.1) is 0 Å². The van der Waals surface area contributed by atoms with Crippen LogP contribution in [0.25, 0.3) is 0 Å². The Bertz CT molecular complexity index is 1090.